The molecule has 0 aliphatic heterocycles. The van der Waals surface area contributed by atoms with Crippen LogP contribution in [0.2, 0.25) is 5.28 Å². The largest absolute Gasteiger partial charge is 0.269 e. The van der Waals surface area contributed by atoms with Crippen LogP contribution in [0.5, 0.6) is 0 Å². The van der Waals surface area contributed by atoms with E-state index in [9.17, 15) is 5.26 Å². The van der Waals surface area contributed by atoms with Gasteiger partial charge >= 0.3 is 0 Å². The van der Waals surface area contributed by atoms with Crippen LogP contribution in [0.4, 0.5) is 0 Å². The quantitative estimate of drug-likeness (QED) is 0.526. The molecule has 3 heterocycles. The number of para-hydroxylation sites is 1. The zero-order valence-corrected chi connectivity index (χ0v) is 13.1. The van der Waals surface area contributed by atoms with Gasteiger partial charge in [0.25, 0.3) is 0 Å². The molecule has 1 fully saturated rings. The van der Waals surface area contributed by atoms with Gasteiger partial charge in [-0.1, -0.05) is 6.07 Å². The number of rotatable bonds is 2. The van der Waals surface area contributed by atoms with Crippen molar-refractivity contribution in [2.75, 3.05) is 0 Å². The van der Waals surface area contributed by atoms with E-state index >= 15 is 0 Å². The van der Waals surface area contributed by atoms with Crippen molar-refractivity contribution in [2.24, 2.45) is 0 Å². The zero-order chi connectivity index (χ0) is 16.3. The van der Waals surface area contributed by atoms with Crippen LogP contribution >= 0.6 is 11.6 Å². The summed E-state index contributed by atoms with van der Waals surface area (Å²) in [4.78, 5) is 8.91. The van der Waals surface area contributed by atoms with Crippen LogP contribution in [0.3, 0.4) is 0 Å². The minimum atomic E-state index is 0.175. The second kappa shape index (κ2) is 4.76. The Balaban J connectivity index is 1.76. The lowest BCUT2D eigenvalue weighted by atomic mass is 10.1. The van der Waals surface area contributed by atoms with Gasteiger partial charge in [0.1, 0.15) is 6.07 Å². The third-order valence-corrected chi connectivity index (χ3v) is 4.41. The predicted octanol–water partition coefficient (Wildman–Crippen LogP) is 3.00. The van der Waals surface area contributed by atoms with Crippen LogP contribution in [0.25, 0.3) is 27.9 Å². The van der Waals surface area contributed by atoms with Crippen LogP contribution in [0.1, 0.15) is 24.4 Å². The van der Waals surface area contributed by atoms with Crippen LogP contribution in [-0.4, -0.2) is 29.4 Å². The number of fused-ring (bicyclic) bond motifs is 3. The molecule has 0 N–H and O–H groups in total. The van der Waals surface area contributed by atoms with Gasteiger partial charge in [0.15, 0.2) is 11.5 Å². The van der Waals surface area contributed by atoms with Crippen LogP contribution < -0.4 is 0 Å². The Kier molecular flexibility index (Phi) is 2.67. The average Bonchev–Trinajstić information content (AvgIpc) is 3.15. The fraction of sp³-hybridized carbons (Fsp3) is 0.188. The normalized spacial score (nSPS) is 14.3. The minimum Gasteiger partial charge on any atom is -0.269 e. The summed E-state index contributed by atoms with van der Waals surface area (Å²) in [6, 6.07) is 8.00. The molecule has 7 nitrogen and oxygen atoms in total. The molecule has 0 amide bonds. The molecule has 1 aromatic carbocycles. The Morgan fingerprint density at radius 2 is 2.12 bits per heavy atom. The van der Waals surface area contributed by atoms with E-state index in [0.717, 1.165) is 23.8 Å². The monoisotopic (exact) mass is 335 g/mol. The van der Waals surface area contributed by atoms with E-state index in [0.29, 0.717) is 28.6 Å². The first-order chi connectivity index (χ1) is 11.7. The molecule has 0 radical (unpaired) electrons. The Morgan fingerprint density at radius 1 is 1.25 bits per heavy atom. The zero-order valence-electron chi connectivity index (χ0n) is 12.4. The summed E-state index contributed by atoms with van der Waals surface area (Å²) in [5.41, 5.74) is 2.41. The summed E-state index contributed by atoms with van der Waals surface area (Å²) >= 11 is 6.25. The third kappa shape index (κ3) is 1.90. The van der Waals surface area contributed by atoms with Crippen molar-refractivity contribution in [1.82, 2.24) is 29.4 Å². The van der Waals surface area contributed by atoms with Crippen molar-refractivity contribution in [3.05, 3.63) is 41.4 Å². The lowest BCUT2D eigenvalue weighted by Gasteiger charge is -2.01. The van der Waals surface area contributed by atoms with Gasteiger partial charge in [0.2, 0.25) is 5.28 Å². The van der Waals surface area contributed by atoms with Crippen LogP contribution in [0, 0.1) is 11.3 Å². The summed E-state index contributed by atoms with van der Waals surface area (Å²) < 4.78 is 3.45. The maximum Gasteiger partial charge on any atom is 0.226 e. The first kappa shape index (κ1) is 13.5. The Bertz CT molecular complexity index is 1150. The Hall–Kier alpha value is -2.98. The van der Waals surface area contributed by atoms with Crippen molar-refractivity contribution < 1.29 is 0 Å². The second-order valence-electron chi connectivity index (χ2n) is 5.81. The molecule has 0 spiro atoms. The molecule has 3 aromatic heterocycles. The topological polar surface area (TPSA) is 84.7 Å². The van der Waals surface area contributed by atoms with Crippen molar-refractivity contribution in [2.45, 2.75) is 18.9 Å². The van der Waals surface area contributed by atoms with Gasteiger partial charge in [-0.25, -0.2) is 9.97 Å². The number of benzene rings is 1. The molecule has 5 rings (SSSR count). The summed E-state index contributed by atoms with van der Waals surface area (Å²) in [5.74, 6) is 0.542. The van der Waals surface area contributed by atoms with E-state index in [2.05, 4.69) is 26.2 Å². The first-order valence-corrected chi connectivity index (χ1v) is 7.92. The molecule has 1 aliphatic rings. The molecule has 1 aliphatic carbocycles. The number of hydrogen-bond donors (Lipinski definition) is 0. The van der Waals surface area contributed by atoms with Crippen molar-refractivity contribution in [3.63, 3.8) is 0 Å². The highest BCUT2D eigenvalue weighted by Crippen LogP contribution is 2.35. The number of aromatic nitrogens is 6. The van der Waals surface area contributed by atoms with E-state index in [1.165, 1.54) is 4.52 Å². The van der Waals surface area contributed by atoms with E-state index in [1.54, 1.807) is 18.3 Å². The van der Waals surface area contributed by atoms with Gasteiger partial charge in [-0.2, -0.15) is 14.9 Å². The van der Waals surface area contributed by atoms with E-state index in [4.69, 9.17) is 11.6 Å². The molecule has 0 bridgehead atoms. The fourth-order valence-corrected chi connectivity index (χ4v) is 3.01. The highest BCUT2D eigenvalue weighted by Gasteiger charge is 2.25. The van der Waals surface area contributed by atoms with Gasteiger partial charge in [-0.05, 0) is 36.6 Å². The highest BCUT2D eigenvalue weighted by atomic mass is 35.5. The number of nitriles is 1. The second-order valence-corrected chi connectivity index (χ2v) is 6.14. The number of hydrogen-bond acceptors (Lipinski definition) is 5. The van der Waals surface area contributed by atoms with E-state index in [-0.39, 0.29) is 5.28 Å². The Labute approximate surface area is 141 Å². The molecule has 0 atom stereocenters. The maximum atomic E-state index is 9.26. The molecule has 4 aromatic rings. The number of halogens is 1. The summed E-state index contributed by atoms with van der Waals surface area (Å²) in [7, 11) is 0. The standard InChI is InChI=1S/C16H10ClN7/c17-16-20-13-9(6-18)2-1-3-12(13)15-21-14(22-24(15)16)10-7-19-23(8-10)11-4-5-11/h1-3,7-8,11H,4-5H2. The maximum absolute atomic E-state index is 9.26. The van der Waals surface area contributed by atoms with Gasteiger partial charge in [0, 0.05) is 11.6 Å². The van der Waals surface area contributed by atoms with E-state index < -0.39 is 0 Å². The smallest absolute Gasteiger partial charge is 0.226 e. The lowest BCUT2D eigenvalue weighted by Crippen LogP contribution is -1.96. The lowest BCUT2D eigenvalue weighted by molar-refractivity contribution is 0.642. The fourth-order valence-electron chi connectivity index (χ4n) is 2.80. The molecule has 24 heavy (non-hydrogen) atoms. The minimum absolute atomic E-state index is 0.175. The first-order valence-electron chi connectivity index (χ1n) is 7.54. The molecule has 0 saturated heterocycles. The van der Waals surface area contributed by atoms with Gasteiger partial charge < -0.3 is 0 Å². The van der Waals surface area contributed by atoms with Crippen LogP contribution in [-0.2, 0) is 0 Å². The predicted molar refractivity (Wildman–Crippen MR) is 87.5 cm³/mol. The summed E-state index contributed by atoms with van der Waals surface area (Å²) in [6.07, 6.45) is 6.04. The molecule has 1 saturated carbocycles. The summed E-state index contributed by atoms with van der Waals surface area (Å²) in [6.45, 7) is 0. The van der Waals surface area contributed by atoms with E-state index in [1.807, 2.05) is 16.9 Å². The molecule has 116 valence electrons. The molecular weight excluding hydrogens is 326 g/mol. The average molecular weight is 336 g/mol. The molecule has 0 unspecified atom stereocenters. The van der Waals surface area contributed by atoms with Gasteiger partial charge in [-0.3, -0.25) is 4.68 Å². The van der Waals surface area contributed by atoms with Crippen molar-refractivity contribution in [3.8, 4) is 17.5 Å². The van der Waals surface area contributed by atoms with Gasteiger partial charge in [0.05, 0.1) is 28.9 Å². The highest BCUT2D eigenvalue weighted by molar-refractivity contribution is 6.29. The van der Waals surface area contributed by atoms with Crippen molar-refractivity contribution in [1.29, 1.82) is 5.26 Å². The summed E-state index contributed by atoms with van der Waals surface area (Å²) in [5, 5.41) is 19.0. The Morgan fingerprint density at radius 3 is 2.92 bits per heavy atom. The molecule has 8 heteroatoms. The van der Waals surface area contributed by atoms with Crippen LogP contribution in [0.15, 0.2) is 30.6 Å². The number of nitrogens with zero attached hydrogens (tertiary/aromatic N) is 7. The van der Waals surface area contributed by atoms with Gasteiger partial charge in [-0.15, -0.1) is 5.10 Å². The molecular formula is C16H10ClN7. The SMILES string of the molecule is N#Cc1cccc2c1nc(Cl)n1nc(-c3cnn(C4CC4)c3)nc21. The third-order valence-electron chi connectivity index (χ3n) is 4.16. The van der Waals surface area contributed by atoms with Crippen molar-refractivity contribution >= 4 is 28.2 Å².